The van der Waals surface area contributed by atoms with Gasteiger partial charge in [-0.2, -0.15) is 13.2 Å². The maximum atomic E-state index is 13.8. The van der Waals surface area contributed by atoms with Crippen LogP contribution in [0.25, 0.3) is 0 Å². The summed E-state index contributed by atoms with van der Waals surface area (Å²) in [6.07, 6.45) is -4.36. The molecule has 2 aromatic carbocycles. The van der Waals surface area contributed by atoms with E-state index in [0.717, 1.165) is 5.56 Å². The Morgan fingerprint density at radius 3 is 2.23 bits per heavy atom. The van der Waals surface area contributed by atoms with Crippen LogP contribution in [-0.2, 0) is 6.61 Å². The number of benzene rings is 2. The van der Waals surface area contributed by atoms with Crippen LogP contribution in [0, 0.1) is 0 Å². The lowest BCUT2D eigenvalue weighted by Gasteiger charge is -2.36. The Labute approximate surface area is 157 Å². The highest BCUT2D eigenvalue weighted by atomic mass is 35.5. The van der Waals surface area contributed by atoms with Crippen molar-refractivity contribution in [3.05, 3.63) is 65.7 Å². The minimum Gasteiger partial charge on any atom is -0.489 e. The topological polar surface area (TPSA) is 24.5 Å². The number of alkyl halides is 3. The molecule has 0 saturated carbocycles. The first-order chi connectivity index (χ1) is 12.1. The molecule has 1 fully saturated rings. The number of rotatable bonds is 5. The quantitative estimate of drug-likeness (QED) is 0.833. The Balaban J connectivity index is 0.00000243. The van der Waals surface area contributed by atoms with Gasteiger partial charge in [0.05, 0.1) is 0 Å². The Morgan fingerprint density at radius 2 is 1.58 bits per heavy atom. The molecular formula is C19H22ClF3N2O. The molecule has 1 saturated heterocycles. The molecule has 2 aromatic rings. The Morgan fingerprint density at radius 1 is 0.962 bits per heavy atom. The van der Waals surface area contributed by atoms with Gasteiger partial charge in [0.1, 0.15) is 18.4 Å². The molecule has 0 unspecified atom stereocenters. The first-order valence-corrected chi connectivity index (χ1v) is 8.33. The van der Waals surface area contributed by atoms with Crippen LogP contribution < -0.4 is 10.1 Å². The summed E-state index contributed by atoms with van der Waals surface area (Å²) in [7, 11) is 0. The molecule has 1 aliphatic rings. The first-order valence-electron chi connectivity index (χ1n) is 8.33. The van der Waals surface area contributed by atoms with Crippen LogP contribution in [0.2, 0.25) is 0 Å². The number of hydrogen-bond acceptors (Lipinski definition) is 3. The van der Waals surface area contributed by atoms with E-state index in [9.17, 15) is 13.2 Å². The van der Waals surface area contributed by atoms with Gasteiger partial charge in [0, 0.05) is 31.7 Å². The summed E-state index contributed by atoms with van der Waals surface area (Å²) in [5.74, 6) is 0.284. The van der Waals surface area contributed by atoms with E-state index >= 15 is 0 Å². The Bertz CT molecular complexity index is 676. The Hall–Kier alpha value is -1.76. The number of piperazine rings is 1. The van der Waals surface area contributed by atoms with E-state index in [-0.39, 0.29) is 30.3 Å². The molecule has 0 bridgehead atoms. The molecule has 0 radical (unpaired) electrons. The Kier molecular flexibility index (Phi) is 7.32. The van der Waals surface area contributed by atoms with Crippen molar-refractivity contribution in [3.8, 4) is 5.75 Å². The van der Waals surface area contributed by atoms with Crippen LogP contribution >= 0.6 is 12.4 Å². The number of nitrogens with zero attached hydrogens (tertiary/aromatic N) is 1. The fraction of sp³-hybridized carbons (Fsp3) is 0.368. The molecule has 0 aromatic heterocycles. The van der Waals surface area contributed by atoms with Crippen molar-refractivity contribution in [2.75, 3.05) is 26.2 Å². The van der Waals surface area contributed by atoms with Gasteiger partial charge in [-0.1, -0.05) is 48.5 Å². The van der Waals surface area contributed by atoms with E-state index in [2.05, 4.69) is 5.32 Å². The normalized spacial score (nSPS) is 16.6. The molecule has 3 rings (SSSR count). The molecule has 3 nitrogen and oxygen atoms in total. The number of nitrogens with one attached hydrogen (secondary N) is 1. The first kappa shape index (κ1) is 20.6. The minimum atomic E-state index is -4.36. The monoisotopic (exact) mass is 386 g/mol. The van der Waals surface area contributed by atoms with Gasteiger partial charge in [0.25, 0.3) is 0 Å². The molecule has 26 heavy (non-hydrogen) atoms. The molecule has 142 valence electrons. The lowest BCUT2D eigenvalue weighted by molar-refractivity contribution is -0.188. The number of ether oxygens (including phenoxy) is 1. The van der Waals surface area contributed by atoms with Gasteiger partial charge < -0.3 is 10.1 Å². The second-order valence-electron chi connectivity index (χ2n) is 6.04. The second kappa shape index (κ2) is 9.26. The predicted molar refractivity (Wildman–Crippen MR) is 97.7 cm³/mol. The number of hydrogen-bond donors (Lipinski definition) is 1. The predicted octanol–water partition coefficient (Wildman–Crippen LogP) is 4.20. The number of halogens is 4. The van der Waals surface area contributed by atoms with Crippen molar-refractivity contribution in [1.82, 2.24) is 10.2 Å². The maximum Gasteiger partial charge on any atom is 0.408 e. The van der Waals surface area contributed by atoms with E-state index in [4.69, 9.17) is 4.74 Å². The lowest BCUT2D eigenvalue weighted by Crippen LogP contribution is -2.49. The zero-order valence-corrected chi connectivity index (χ0v) is 15.0. The highest BCUT2D eigenvalue weighted by Crippen LogP contribution is 2.41. The summed E-state index contributed by atoms with van der Waals surface area (Å²) in [6, 6.07) is 14.2. The van der Waals surface area contributed by atoms with Gasteiger partial charge in [-0.25, -0.2) is 0 Å². The van der Waals surface area contributed by atoms with Gasteiger partial charge >= 0.3 is 6.18 Å². The second-order valence-corrected chi connectivity index (χ2v) is 6.04. The molecule has 1 aliphatic heterocycles. The van der Waals surface area contributed by atoms with E-state index in [1.165, 1.54) is 11.0 Å². The summed E-state index contributed by atoms with van der Waals surface area (Å²) >= 11 is 0. The van der Waals surface area contributed by atoms with Crippen LogP contribution in [0.3, 0.4) is 0 Å². The maximum absolute atomic E-state index is 13.8. The molecule has 1 heterocycles. The van der Waals surface area contributed by atoms with Crippen LogP contribution in [-0.4, -0.2) is 37.3 Å². The third kappa shape index (κ3) is 5.13. The van der Waals surface area contributed by atoms with Crippen LogP contribution in [0.1, 0.15) is 17.2 Å². The molecule has 0 aliphatic carbocycles. The summed E-state index contributed by atoms with van der Waals surface area (Å²) in [5.41, 5.74) is 1.09. The van der Waals surface area contributed by atoms with E-state index in [1.54, 1.807) is 18.2 Å². The molecule has 1 atom stereocenters. The fourth-order valence-electron chi connectivity index (χ4n) is 3.09. The lowest BCUT2D eigenvalue weighted by atomic mass is 10.0. The SMILES string of the molecule is Cl.FC(F)(F)[C@@H](c1ccccc1OCc1ccccc1)N1CCNCC1. The zero-order chi connectivity index (χ0) is 17.7. The third-order valence-corrected chi connectivity index (χ3v) is 4.28. The van der Waals surface area contributed by atoms with Gasteiger partial charge in [-0.05, 0) is 11.6 Å². The zero-order valence-electron chi connectivity index (χ0n) is 14.2. The largest absolute Gasteiger partial charge is 0.489 e. The molecular weight excluding hydrogens is 365 g/mol. The van der Waals surface area contributed by atoms with Crippen LogP contribution in [0.5, 0.6) is 5.75 Å². The van der Waals surface area contributed by atoms with Crippen molar-refractivity contribution in [2.24, 2.45) is 0 Å². The van der Waals surface area contributed by atoms with Gasteiger partial charge in [0.15, 0.2) is 0 Å². The van der Waals surface area contributed by atoms with Gasteiger partial charge in [0.2, 0.25) is 0 Å². The van der Waals surface area contributed by atoms with Crippen molar-refractivity contribution in [3.63, 3.8) is 0 Å². The fourth-order valence-corrected chi connectivity index (χ4v) is 3.09. The minimum absolute atomic E-state index is 0. The smallest absolute Gasteiger partial charge is 0.408 e. The van der Waals surface area contributed by atoms with Crippen molar-refractivity contribution in [1.29, 1.82) is 0 Å². The van der Waals surface area contributed by atoms with Gasteiger partial charge in [-0.15, -0.1) is 12.4 Å². The highest BCUT2D eigenvalue weighted by Gasteiger charge is 2.46. The van der Waals surface area contributed by atoms with E-state index in [1.807, 2.05) is 30.3 Å². The summed E-state index contributed by atoms with van der Waals surface area (Å²) < 4.78 is 47.2. The van der Waals surface area contributed by atoms with Crippen LogP contribution in [0.15, 0.2) is 54.6 Å². The molecule has 0 amide bonds. The molecule has 1 N–H and O–H groups in total. The van der Waals surface area contributed by atoms with E-state index < -0.39 is 12.2 Å². The summed E-state index contributed by atoms with van der Waals surface area (Å²) in [4.78, 5) is 1.47. The standard InChI is InChI=1S/C19H21F3N2O.ClH/c20-19(21,22)18(24-12-10-23-11-13-24)16-8-4-5-9-17(16)25-14-15-6-2-1-3-7-15;/h1-9,18,23H,10-14H2;1H/t18-;/m1./s1. The van der Waals surface area contributed by atoms with E-state index in [0.29, 0.717) is 26.2 Å². The average Bonchev–Trinajstić information content (AvgIpc) is 2.62. The third-order valence-electron chi connectivity index (χ3n) is 4.28. The van der Waals surface area contributed by atoms with Crippen molar-refractivity contribution >= 4 is 12.4 Å². The van der Waals surface area contributed by atoms with Crippen molar-refractivity contribution < 1.29 is 17.9 Å². The average molecular weight is 387 g/mol. The summed E-state index contributed by atoms with van der Waals surface area (Å²) in [6.45, 7) is 2.07. The molecule has 0 spiro atoms. The summed E-state index contributed by atoms with van der Waals surface area (Å²) in [5, 5.41) is 3.09. The van der Waals surface area contributed by atoms with Crippen molar-refractivity contribution in [2.45, 2.75) is 18.8 Å². The molecule has 7 heteroatoms. The van der Waals surface area contributed by atoms with Crippen LogP contribution in [0.4, 0.5) is 13.2 Å². The van der Waals surface area contributed by atoms with Gasteiger partial charge in [-0.3, -0.25) is 4.90 Å². The highest BCUT2D eigenvalue weighted by molar-refractivity contribution is 5.85. The number of para-hydroxylation sites is 1.